The first-order chi connectivity index (χ1) is 10.8. The lowest BCUT2D eigenvalue weighted by Crippen LogP contribution is -2.00. The summed E-state index contributed by atoms with van der Waals surface area (Å²) in [5.41, 5.74) is 2.82. The molecule has 1 aromatic carbocycles. The van der Waals surface area contributed by atoms with E-state index in [1.54, 1.807) is 13.3 Å². The molecule has 2 aromatic heterocycles. The molecular formula is C17H15N3O2. The summed E-state index contributed by atoms with van der Waals surface area (Å²) < 4.78 is 12.9. The first-order valence-corrected chi connectivity index (χ1v) is 6.89. The molecule has 0 amide bonds. The van der Waals surface area contributed by atoms with Crippen LogP contribution in [0.5, 0.6) is 11.6 Å². The minimum atomic E-state index is 0.357. The molecule has 3 rings (SSSR count). The molecule has 5 heteroatoms. The molecule has 0 aliphatic heterocycles. The minimum Gasteiger partial charge on any atom is -0.497 e. The van der Waals surface area contributed by atoms with Crippen molar-refractivity contribution in [2.24, 2.45) is 0 Å². The topological polar surface area (TPSA) is 59.6 Å². The van der Waals surface area contributed by atoms with Crippen LogP contribution < -0.4 is 9.47 Å². The Morgan fingerprint density at radius 3 is 2.73 bits per heavy atom. The van der Waals surface area contributed by atoms with E-state index in [9.17, 15) is 0 Å². The van der Waals surface area contributed by atoms with Crippen LogP contribution in [0.2, 0.25) is 0 Å². The maximum absolute atomic E-state index is 8.84. The third kappa shape index (κ3) is 2.72. The van der Waals surface area contributed by atoms with Crippen LogP contribution in [0.3, 0.4) is 0 Å². The summed E-state index contributed by atoms with van der Waals surface area (Å²) in [6, 6.07) is 13.7. The number of aromatic nitrogens is 2. The van der Waals surface area contributed by atoms with E-state index in [0.29, 0.717) is 18.9 Å². The molecule has 0 saturated carbocycles. The summed E-state index contributed by atoms with van der Waals surface area (Å²) >= 11 is 0. The summed E-state index contributed by atoms with van der Waals surface area (Å²) in [7, 11) is 1.64. The van der Waals surface area contributed by atoms with Gasteiger partial charge in [0.2, 0.25) is 5.88 Å². The van der Waals surface area contributed by atoms with Gasteiger partial charge >= 0.3 is 0 Å². The van der Waals surface area contributed by atoms with Crippen LogP contribution >= 0.6 is 0 Å². The lowest BCUT2D eigenvalue weighted by Gasteiger charge is -2.08. The van der Waals surface area contributed by atoms with Gasteiger partial charge in [-0.25, -0.2) is 4.98 Å². The first-order valence-electron chi connectivity index (χ1n) is 6.89. The molecule has 5 nitrogen and oxygen atoms in total. The molecule has 0 aliphatic carbocycles. The summed E-state index contributed by atoms with van der Waals surface area (Å²) in [6.07, 6.45) is 3.87. The van der Waals surface area contributed by atoms with E-state index in [4.69, 9.17) is 14.7 Å². The van der Waals surface area contributed by atoms with Gasteiger partial charge < -0.3 is 13.9 Å². The van der Waals surface area contributed by atoms with Gasteiger partial charge in [0.25, 0.3) is 0 Å². The summed E-state index contributed by atoms with van der Waals surface area (Å²) in [6.45, 7) is 0.426. The van der Waals surface area contributed by atoms with Crippen molar-refractivity contribution in [3.05, 3.63) is 60.0 Å². The SMILES string of the molecule is COc1ccc(COc2nccn3c(CC#N)ccc23)cc1. The third-order valence-corrected chi connectivity index (χ3v) is 3.42. The Morgan fingerprint density at radius 2 is 2.00 bits per heavy atom. The van der Waals surface area contributed by atoms with Crippen LogP contribution in [0.4, 0.5) is 0 Å². The second-order valence-electron chi connectivity index (χ2n) is 4.78. The van der Waals surface area contributed by atoms with Gasteiger partial charge in [-0.1, -0.05) is 12.1 Å². The van der Waals surface area contributed by atoms with Gasteiger partial charge in [0, 0.05) is 18.1 Å². The smallest absolute Gasteiger partial charge is 0.238 e. The zero-order chi connectivity index (χ0) is 15.4. The average Bonchev–Trinajstić information content (AvgIpc) is 2.97. The Morgan fingerprint density at radius 1 is 1.18 bits per heavy atom. The number of nitriles is 1. The maximum atomic E-state index is 8.84. The molecule has 0 bridgehead atoms. The number of ether oxygens (including phenoxy) is 2. The first kappa shape index (κ1) is 14.0. The van der Waals surface area contributed by atoms with Crippen LogP contribution in [0, 0.1) is 11.3 Å². The zero-order valence-electron chi connectivity index (χ0n) is 12.2. The van der Waals surface area contributed by atoms with Gasteiger partial charge in [-0.2, -0.15) is 5.26 Å². The normalized spacial score (nSPS) is 10.4. The van der Waals surface area contributed by atoms with Crippen LogP contribution in [0.25, 0.3) is 5.52 Å². The van der Waals surface area contributed by atoms with Crippen molar-refractivity contribution in [3.8, 4) is 17.7 Å². The quantitative estimate of drug-likeness (QED) is 0.725. The van der Waals surface area contributed by atoms with Gasteiger partial charge in [0.05, 0.1) is 19.6 Å². The van der Waals surface area contributed by atoms with E-state index in [0.717, 1.165) is 22.5 Å². The number of rotatable bonds is 5. The molecule has 0 aliphatic rings. The number of methoxy groups -OCH3 is 1. The lowest BCUT2D eigenvalue weighted by atomic mass is 10.2. The molecular weight excluding hydrogens is 278 g/mol. The molecule has 0 atom stereocenters. The summed E-state index contributed by atoms with van der Waals surface area (Å²) in [4.78, 5) is 4.28. The monoisotopic (exact) mass is 293 g/mol. The molecule has 110 valence electrons. The van der Waals surface area contributed by atoms with E-state index in [2.05, 4.69) is 11.1 Å². The van der Waals surface area contributed by atoms with Gasteiger partial charge in [0.15, 0.2) is 0 Å². The van der Waals surface area contributed by atoms with Crippen molar-refractivity contribution in [1.82, 2.24) is 9.38 Å². The molecule has 22 heavy (non-hydrogen) atoms. The highest BCUT2D eigenvalue weighted by Gasteiger charge is 2.08. The van der Waals surface area contributed by atoms with E-state index in [-0.39, 0.29) is 0 Å². The Hall–Kier alpha value is -3.00. The van der Waals surface area contributed by atoms with Crippen molar-refractivity contribution in [2.45, 2.75) is 13.0 Å². The average molecular weight is 293 g/mol. The van der Waals surface area contributed by atoms with Crippen molar-refractivity contribution in [3.63, 3.8) is 0 Å². The predicted molar refractivity (Wildman–Crippen MR) is 81.8 cm³/mol. The summed E-state index contributed by atoms with van der Waals surface area (Å²) in [5, 5.41) is 8.84. The van der Waals surface area contributed by atoms with Crippen LogP contribution in [-0.2, 0) is 13.0 Å². The fraction of sp³-hybridized carbons (Fsp3) is 0.176. The van der Waals surface area contributed by atoms with Gasteiger partial charge in [0.1, 0.15) is 17.9 Å². The highest BCUT2D eigenvalue weighted by atomic mass is 16.5. The van der Waals surface area contributed by atoms with Gasteiger partial charge in [-0.05, 0) is 29.8 Å². The third-order valence-electron chi connectivity index (χ3n) is 3.42. The van der Waals surface area contributed by atoms with Crippen LogP contribution in [0.15, 0.2) is 48.8 Å². The highest BCUT2D eigenvalue weighted by molar-refractivity contribution is 5.58. The highest BCUT2D eigenvalue weighted by Crippen LogP contribution is 2.21. The summed E-state index contributed by atoms with van der Waals surface area (Å²) in [5.74, 6) is 1.37. The van der Waals surface area contributed by atoms with Crippen molar-refractivity contribution < 1.29 is 9.47 Å². The second kappa shape index (κ2) is 6.19. The zero-order valence-corrected chi connectivity index (χ0v) is 12.2. The van der Waals surface area contributed by atoms with Crippen molar-refractivity contribution >= 4 is 5.52 Å². The number of nitrogens with zero attached hydrogens (tertiary/aromatic N) is 3. The van der Waals surface area contributed by atoms with E-state index in [1.807, 2.05) is 47.0 Å². The van der Waals surface area contributed by atoms with Gasteiger partial charge in [-0.3, -0.25) is 0 Å². The standard InChI is InChI=1S/C17H15N3O2/c1-21-15-5-2-13(3-6-15)12-22-17-16-7-4-14(8-9-18)20(16)11-10-19-17/h2-7,10-11H,8,12H2,1H3. The fourth-order valence-corrected chi connectivity index (χ4v) is 2.28. The van der Waals surface area contributed by atoms with E-state index >= 15 is 0 Å². The molecule has 0 unspecified atom stereocenters. The molecule has 0 N–H and O–H groups in total. The maximum Gasteiger partial charge on any atom is 0.238 e. The van der Waals surface area contributed by atoms with E-state index < -0.39 is 0 Å². The minimum absolute atomic E-state index is 0.357. The van der Waals surface area contributed by atoms with E-state index in [1.165, 1.54) is 0 Å². The number of benzene rings is 1. The van der Waals surface area contributed by atoms with Crippen LogP contribution in [-0.4, -0.2) is 16.5 Å². The molecule has 0 fully saturated rings. The molecule has 0 radical (unpaired) electrons. The Balaban J connectivity index is 1.80. The predicted octanol–water partition coefficient (Wildman–Crippen LogP) is 2.99. The van der Waals surface area contributed by atoms with Crippen LogP contribution in [0.1, 0.15) is 11.3 Å². The molecule has 3 aromatic rings. The Labute approximate surface area is 128 Å². The molecule has 2 heterocycles. The number of hydrogen-bond acceptors (Lipinski definition) is 4. The Kier molecular flexibility index (Phi) is 3.92. The molecule has 0 saturated heterocycles. The number of hydrogen-bond donors (Lipinski definition) is 0. The second-order valence-corrected chi connectivity index (χ2v) is 4.78. The Bertz CT molecular complexity index is 816. The lowest BCUT2D eigenvalue weighted by molar-refractivity contribution is 0.296. The fourth-order valence-electron chi connectivity index (χ4n) is 2.28. The van der Waals surface area contributed by atoms with Gasteiger partial charge in [-0.15, -0.1) is 0 Å². The van der Waals surface area contributed by atoms with Crippen molar-refractivity contribution in [2.75, 3.05) is 7.11 Å². The molecule has 0 spiro atoms. The largest absolute Gasteiger partial charge is 0.497 e. The van der Waals surface area contributed by atoms with Crippen molar-refractivity contribution in [1.29, 1.82) is 5.26 Å². The number of fused-ring (bicyclic) bond motifs is 1.